The van der Waals surface area contributed by atoms with Crippen molar-refractivity contribution in [2.75, 3.05) is 10.6 Å². The molecule has 0 radical (unpaired) electrons. The third-order valence-corrected chi connectivity index (χ3v) is 3.85. The molecule has 0 saturated heterocycles. The van der Waals surface area contributed by atoms with E-state index < -0.39 is 17.6 Å². The van der Waals surface area contributed by atoms with E-state index in [1.807, 2.05) is 0 Å². The molecule has 9 heteroatoms. The number of carbonyl (C=O) groups excluding carboxylic acids is 1. The van der Waals surface area contributed by atoms with E-state index in [9.17, 15) is 18.0 Å². The maximum atomic E-state index is 12.7. The summed E-state index contributed by atoms with van der Waals surface area (Å²) >= 11 is 11.6. The molecule has 0 aliphatic rings. The predicted molar refractivity (Wildman–Crippen MR) is 93.9 cm³/mol. The second kappa shape index (κ2) is 8.13. The van der Waals surface area contributed by atoms with Gasteiger partial charge in [0, 0.05) is 17.6 Å². The minimum absolute atomic E-state index is 0.0829. The molecular weight excluding hydrogens is 390 g/mol. The Bertz CT molecular complexity index is 905. The molecule has 0 heterocycles. The molecular formula is C17H10Cl2F3N3O. The van der Waals surface area contributed by atoms with Crippen LogP contribution in [0.2, 0.25) is 10.0 Å². The van der Waals surface area contributed by atoms with Gasteiger partial charge in [-0.15, -0.1) is 0 Å². The number of halogens is 5. The number of alkyl halides is 3. The third kappa shape index (κ3) is 5.15. The SMILES string of the molecule is N#C/C(=C/Nc1ccc(Cl)c(Cl)c1)C(=O)Nc1cccc(C(F)(F)F)c1. The third-order valence-electron chi connectivity index (χ3n) is 3.12. The first-order valence-corrected chi connectivity index (χ1v) is 7.77. The summed E-state index contributed by atoms with van der Waals surface area (Å²) in [6, 6.07) is 10.3. The first-order chi connectivity index (χ1) is 12.2. The lowest BCUT2D eigenvalue weighted by molar-refractivity contribution is -0.137. The highest BCUT2D eigenvalue weighted by Gasteiger charge is 2.30. The Morgan fingerprint density at radius 3 is 2.42 bits per heavy atom. The number of nitriles is 1. The first-order valence-electron chi connectivity index (χ1n) is 7.01. The second-order valence-electron chi connectivity index (χ2n) is 4.98. The maximum Gasteiger partial charge on any atom is 0.416 e. The average Bonchev–Trinajstić information content (AvgIpc) is 2.58. The van der Waals surface area contributed by atoms with E-state index in [1.165, 1.54) is 18.2 Å². The standard InChI is InChI=1S/C17H10Cl2F3N3O/c18-14-5-4-12(7-15(14)19)24-9-10(8-23)16(26)25-13-3-1-2-11(6-13)17(20,21)22/h1-7,9,24H,(H,25,26)/b10-9-. The van der Waals surface area contributed by atoms with Crippen molar-refractivity contribution in [2.45, 2.75) is 6.18 Å². The lowest BCUT2D eigenvalue weighted by Gasteiger charge is -2.09. The maximum absolute atomic E-state index is 12.7. The van der Waals surface area contributed by atoms with Crippen LogP contribution in [-0.4, -0.2) is 5.91 Å². The van der Waals surface area contributed by atoms with Gasteiger partial charge in [-0.2, -0.15) is 18.4 Å². The highest BCUT2D eigenvalue weighted by Crippen LogP contribution is 2.30. The quantitative estimate of drug-likeness (QED) is 0.529. The molecule has 0 atom stereocenters. The minimum atomic E-state index is -4.54. The van der Waals surface area contributed by atoms with Crippen molar-refractivity contribution in [1.82, 2.24) is 0 Å². The van der Waals surface area contributed by atoms with Gasteiger partial charge in [0.2, 0.25) is 0 Å². The summed E-state index contributed by atoms with van der Waals surface area (Å²) in [7, 11) is 0. The van der Waals surface area contributed by atoms with Crippen molar-refractivity contribution in [3.05, 3.63) is 69.8 Å². The molecule has 2 aromatic carbocycles. The molecule has 0 saturated carbocycles. The zero-order valence-corrected chi connectivity index (χ0v) is 14.4. The normalized spacial score (nSPS) is 11.6. The van der Waals surface area contributed by atoms with Crippen molar-refractivity contribution < 1.29 is 18.0 Å². The number of anilines is 2. The number of carbonyl (C=O) groups is 1. The molecule has 0 aliphatic heterocycles. The van der Waals surface area contributed by atoms with Crippen LogP contribution in [0.4, 0.5) is 24.5 Å². The van der Waals surface area contributed by atoms with Gasteiger partial charge < -0.3 is 10.6 Å². The van der Waals surface area contributed by atoms with Gasteiger partial charge in [0.15, 0.2) is 0 Å². The molecule has 0 aliphatic carbocycles. The largest absolute Gasteiger partial charge is 0.416 e. The monoisotopic (exact) mass is 399 g/mol. The van der Waals surface area contributed by atoms with Crippen LogP contribution in [0.3, 0.4) is 0 Å². The second-order valence-corrected chi connectivity index (χ2v) is 5.79. The Hall–Kier alpha value is -2.69. The molecule has 2 rings (SSSR count). The summed E-state index contributed by atoms with van der Waals surface area (Å²) in [5, 5.41) is 14.6. The first kappa shape index (κ1) is 19.6. The lowest BCUT2D eigenvalue weighted by Crippen LogP contribution is -2.15. The van der Waals surface area contributed by atoms with Crippen molar-refractivity contribution in [3.8, 4) is 6.07 Å². The zero-order chi connectivity index (χ0) is 19.3. The molecule has 0 aromatic heterocycles. The van der Waals surface area contributed by atoms with Crippen LogP contribution in [0.15, 0.2) is 54.2 Å². The molecule has 0 unspecified atom stereocenters. The summed E-state index contributed by atoms with van der Waals surface area (Å²) in [5.41, 5.74) is -0.861. The number of benzene rings is 2. The molecule has 0 spiro atoms. The van der Waals surface area contributed by atoms with Crippen LogP contribution in [0.5, 0.6) is 0 Å². The molecule has 4 nitrogen and oxygen atoms in total. The minimum Gasteiger partial charge on any atom is -0.360 e. The number of rotatable bonds is 4. The van der Waals surface area contributed by atoms with E-state index in [0.29, 0.717) is 10.7 Å². The molecule has 134 valence electrons. The van der Waals surface area contributed by atoms with Gasteiger partial charge in [-0.1, -0.05) is 29.3 Å². The Balaban J connectivity index is 2.13. The van der Waals surface area contributed by atoms with Crippen molar-refractivity contribution >= 4 is 40.5 Å². The molecule has 2 aromatic rings. The Labute approximate surface area is 156 Å². The van der Waals surface area contributed by atoms with Gasteiger partial charge in [0.05, 0.1) is 15.6 Å². The summed E-state index contributed by atoms with van der Waals surface area (Å²) in [4.78, 5) is 12.1. The fourth-order valence-electron chi connectivity index (χ4n) is 1.86. The van der Waals surface area contributed by atoms with E-state index in [0.717, 1.165) is 24.4 Å². The van der Waals surface area contributed by atoms with E-state index in [2.05, 4.69) is 10.6 Å². The summed E-state index contributed by atoms with van der Waals surface area (Å²) in [6.07, 6.45) is -3.42. The number of hydrogen-bond donors (Lipinski definition) is 2. The molecule has 0 fully saturated rings. The average molecular weight is 400 g/mol. The number of hydrogen-bond acceptors (Lipinski definition) is 3. The fourth-order valence-corrected chi connectivity index (χ4v) is 2.16. The van der Waals surface area contributed by atoms with Crippen LogP contribution in [0, 0.1) is 11.3 Å². The van der Waals surface area contributed by atoms with E-state index in [-0.39, 0.29) is 16.3 Å². The van der Waals surface area contributed by atoms with Crippen molar-refractivity contribution in [2.24, 2.45) is 0 Å². The number of amides is 1. The number of nitrogens with one attached hydrogen (secondary N) is 2. The topological polar surface area (TPSA) is 64.9 Å². The van der Waals surface area contributed by atoms with Crippen LogP contribution in [0.1, 0.15) is 5.56 Å². The molecule has 2 N–H and O–H groups in total. The smallest absolute Gasteiger partial charge is 0.360 e. The van der Waals surface area contributed by atoms with Gasteiger partial charge >= 0.3 is 6.18 Å². The summed E-state index contributed by atoms with van der Waals surface area (Å²) in [5.74, 6) is -0.862. The number of nitrogens with zero attached hydrogens (tertiary/aromatic N) is 1. The van der Waals surface area contributed by atoms with E-state index >= 15 is 0 Å². The Morgan fingerprint density at radius 1 is 1.08 bits per heavy atom. The van der Waals surface area contributed by atoms with Crippen LogP contribution >= 0.6 is 23.2 Å². The van der Waals surface area contributed by atoms with Crippen molar-refractivity contribution in [1.29, 1.82) is 5.26 Å². The van der Waals surface area contributed by atoms with Gasteiger partial charge in [0.1, 0.15) is 11.6 Å². The van der Waals surface area contributed by atoms with Crippen LogP contribution < -0.4 is 10.6 Å². The van der Waals surface area contributed by atoms with Gasteiger partial charge in [0.25, 0.3) is 5.91 Å². The fraction of sp³-hybridized carbons (Fsp3) is 0.0588. The Kier molecular flexibility index (Phi) is 6.14. The zero-order valence-electron chi connectivity index (χ0n) is 12.9. The van der Waals surface area contributed by atoms with E-state index in [4.69, 9.17) is 28.5 Å². The molecule has 0 bridgehead atoms. The molecule has 1 amide bonds. The lowest BCUT2D eigenvalue weighted by atomic mass is 10.2. The summed E-state index contributed by atoms with van der Waals surface area (Å²) in [6.45, 7) is 0. The Morgan fingerprint density at radius 2 is 1.81 bits per heavy atom. The van der Waals surface area contributed by atoms with Crippen molar-refractivity contribution in [3.63, 3.8) is 0 Å². The van der Waals surface area contributed by atoms with E-state index in [1.54, 1.807) is 12.1 Å². The van der Waals surface area contributed by atoms with Crippen LogP contribution in [-0.2, 0) is 11.0 Å². The van der Waals surface area contributed by atoms with Gasteiger partial charge in [-0.3, -0.25) is 4.79 Å². The van der Waals surface area contributed by atoms with Gasteiger partial charge in [-0.25, -0.2) is 0 Å². The van der Waals surface area contributed by atoms with Crippen LogP contribution in [0.25, 0.3) is 0 Å². The highest BCUT2D eigenvalue weighted by molar-refractivity contribution is 6.42. The molecule has 26 heavy (non-hydrogen) atoms. The summed E-state index contributed by atoms with van der Waals surface area (Å²) < 4.78 is 38.1. The predicted octanol–water partition coefficient (Wildman–Crippen LogP) is 5.47. The van der Waals surface area contributed by atoms with Gasteiger partial charge in [-0.05, 0) is 36.4 Å². The highest BCUT2D eigenvalue weighted by atomic mass is 35.5.